The van der Waals surface area contributed by atoms with Gasteiger partial charge >= 0.3 is 6.09 Å². The zero-order valence-electron chi connectivity index (χ0n) is 14.5. The van der Waals surface area contributed by atoms with E-state index in [4.69, 9.17) is 20.3 Å². The van der Waals surface area contributed by atoms with E-state index in [1.807, 2.05) is 0 Å². The summed E-state index contributed by atoms with van der Waals surface area (Å²) in [4.78, 5) is 18.7. The number of halogens is 2. The first-order valence-corrected chi connectivity index (χ1v) is 8.40. The topological polar surface area (TPSA) is 101 Å². The van der Waals surface area contributed by atoms with Gasteiger partial charge in [0.15, 0.2) is 11.6 Å². The molecule has 0 radical (unpaired) electrons. The number of hydrogen-bond acceptors (Lipinski definition) is 6. The largest absolute Gasteiger partial charge is 0.515 e. The van der Waals surface area contributed by atoms with Crippen LogP contribution in [0.2, 0.25) is 0 Å². The van der Waals surface area contributed by atoms with Crippen molar-refractivity contribution in [2.45, 2.75) is 6.10 Å². The highest BCUT2D eigenvalue weighted by Crippen LogP contribution is 2.31. The van der Waals surface area contributed by atoms with E-state index in [0.29, 0.717) is 26.3 Å². The van der Waals surface area contributed by atoms with Crippen molar-refractivity contribution in [2.75, 3.05) is 49.2 Å². The van der Waals surface area contributed by atoms with Crippen molar-refractivity contribution in [1.82, 2.24) is 0 Å². The molecule has 146 valence electrons. The summed E-state index contributed by atoms with van der Waals surface area (Å²) >= 11 is 0. The molecule has 0 bridgehead atoms. The third kappa shape index (κ3) is 4.27. The molecule has 3 rings (SSSR count). The number of ether oxygens (including phenoxy) is 2. The molecule has 2 saturated heterocycles. The molecule has 27 heavy (non-hydrogen) atoms. The van der Waals surface area contributed by atoms with E-state index in [2.05, 4.69) is 4.99 Å². The molecule has 0 saturated carbocycles. The summed E-state index contributed by atoms with van der Waals surface area (Å²) in [6.07, 6.45) is 0.592. The normalized spacial score (nSPS) is 21.2. The fourth-order valence-corrected chi connectivity index (χ4v) is 2.96. The van der Waals surface area contributed by atoms with E-state index in [9.17, 15) is 13.6 Å². The number of nitrogens with zero attached hydrogens (tertiary/aromatic N) is 3. The second-order valence-corrected chi connectivity index (χ2v) is 6.06. The van der Waals surface area contributed by atoms with Gasteiger partial charge in [-0.3, -0.25) is 9.89 Å². The maximum Gasteiger partial charge on any atom is 0.414 e. The molecule has 0 spiro atoms. The standard InChI is InChI=1S/C17H20F2N4O4/c18-13-7-11(8-14(19)16(13)22-2-5-26-6-3-22)23-10-12(27-17(23)25)9-21-15(20)1-4-24/h1,4,7-8,12,24H,2-3,5-6,9-10H2,(H2,20,21)/b4-1-. The smallest absolute Gasteiger partial charge is 0.414 e. The molecule has 2 heterocycles. The molecule has 2 fully saturated rings. The second kappa shape index (κ2) is 8.21. The van der Waals surface area contributed by atoms with Gasteiger partial charge in [0.1, 0.15) is 17.6 Å². The van der Waals surface area contributed by atoms with E-state index < -0.39 is 23.8 Å². The number of cyclic esters (lactones) is 1. The molecule has 1 atom stereocenters. The van der Waals surface area contributed by atoms with Crippen LogP contribution in [0.25, 0.3) is 0 Å². The number of aliphatic hydroxyl groups is 1. The number of aliphatic hydroxyl groups excluding tert-OH is 1. The first-order valence-electron chi connectivity index (χ1n) is 8.40. The number of morpholine rings is 1. The van der Waals surface area contributed by atoms with Gasteiger partial charge in [0.2, 0.25) is 0 Å². The van der Waals surface area contributed by atoms with E-state index in [1.165, 1.54) is 6.08 Å². The van der Waals surface area contributed by atoms with Crippen LogP contribution in [0.4, 0.5) is 25.0 Å². The molecular weight excluding hydrogens is 362 g/mol. The lowest BCUT2D eigenvalue weighted by Crippen LogP contribution is -2.37. The van der Waals surface area contributed by atoms with E-state index in [-0.39, 0.29) is 30.3 Å². The average Bonchev–Trinajstić information content (AvgIpc) is 3.01. The molecule has 0 aromatic heterocycles. The minimum Gasteiger partial charge on any atom is -0.515 e. The highest BCUT2D eigenvalue weighted by atomic mass is 19.1. The molecule has 8 nitrogen and oxygen atoms in total. The Morgan fingerprint density at radius 3 is 2.63 bits per heavy atom. The first-order chi connectivity index (χ1) is 13.0. The number of carbonyl (C=O) groups excluding carboxylic acids is 1. The van der Waals surface area contributed by atoms with Crippen LogP contribution in [0.3, 0.4) is 0 Å². The maximum atomic E-state index is 14.5. The Balaban J connectivity index is 1.74. The maximum absolute atomic E-state index is 14.5. The molecule has 10 heteroatoms. The van der Waals surface area contributed by atoms with E-state index >= 15 is 0 Å². The molecular formula is C17H20F2N4O4. The second-order valence-electron chi connectivity index (χ2n) is 6.06. The zero-order valence-corrected chi connectivity index (χ0v) is 14.5. The van der Waals surface area contributed by atoms with Crippen molar-refractivity contribution >= 4 is 23.3 Å². The fraction of sp³-hybridized carbons (Fsp3) is 0.412. The number of amidine groups is 1. The van der Waals surface area contributed by atoms with Gasteiger partial charge in [0.05, 0.1) is 38.3 Å². The van der Waals surface area contributed by atoms with Crippen LogP contribution in [0.1, 0.15) is 0 Å². The fourth-order valence-electron chi connectivity index (χ4n) is 2.96. The van der Waals surface area contributed by atoms with Gasteiger partial charge < -0.3 is 25.2 Å². The number of hydrogen-bond donors (Lipinski definition) is 2. The van der Waals surface area contributed by atoms with Crippen LogP contribution >= 0.6 is 0 Å². The van der Waals surface area contributed by atoms with Gasteiger partial charge in [-0.05, 0) is 0 Å². The van der Waals surface area contributed by atoms with Crippen molar-refractivity contribution in [2.24, 2.45) is 10.7 Å². The van der Waals surface area contributed by atoms with Crippen molar-refractivity contribution in [3.8, 4) is 0 Å². The van der Waals surface area contributed by atoms with Crippen molar-refractivity contribution in [1.29, 1.82) is 0 Å². The minimum absolute atomic E-state index is 0.0647. The minimum atomic E-state index is -0.751. The van der Waals surface area contributed by atoms with Gasteiger partial charge in [-0.25, -0.2) is 13.6 Å². The molecule has 1 aromatic rings. The molecule has 2 aliphatic heterocycles. The van der Waals surface area contributed by atoms with Gasteiger partial charge in [-0.1, -0.05) is 0 Å². The molecule has 3 N–H and O–H groups in total. The molecule has 2 aliphatic rings. The van der Waals surface area contributed by atoms with Crippen molar-refractivity contribution in [3.05, 3.63) is 36.1 Å². The third-order valence-electron chi connectivity index (χ3n) is 4.24. The van der Waals surface area contributed by atoms with Crippen LogP contribution in [0.5, 0.6) is 0 Å². The number of amides is 1. The Morgan fingerprint density at radius 1 is 1.33 bits per heavy atom. The predicted octanol–water partition coefficient (Wildman–Crippen LogP) is 1.56. The third-order valence-corrected chi connectivity index (χ3v) is 4.24. The van der Waals surface area contributed by atoms with Crippen LogP contribution in [-0.2, 0) is 9.47 Å². The molecule has 1 unspecified atom stereocenters. The Labute approximate surface area is 154 Å². The van der Waals surface area contributed by atoms with Crippen molar-refractivity contribution in [3.63, 3.8) is 0 Å². The van der Waals surface area contributed by atoms with Crippen LogP contribution in [-0.4, -0.2) is 62.5 Å². The zero-order chi connectivity index (χ0) is 19.4. The highest BCUT2D eigenvalue weighted by Gasteiger charge is 2.33. The number of nitrogens with two attached hydrogens (primary N) is 1. The molecule has 1 aromatic carbocycles. The summed E-state index contributed by atoms with van der Waals surface area (Å²) in [5.41, 5.74) is 5.45. The quantitative estimate of drug-likeness (QED) is 0.455. The van der Waals surface area contributed by atoms with Crippen LogP contribution in [0, 0.1) is 11.6 Å². The van der Waals surface area contributed by atoms with Crippen molar-refractivity contribution < 1.29 is 28.2 Å². The monoisotopic (exact) mass is 382 g/mol. The number of anilines is 2. The van der Waals surface area contributed by atoms with Crippen LogP contribution < -0.4 is 15.5 Å². The Morgan fingerprint density at radius 2 is 2.00 bits per heavy atom. The number of aliphatic imine (C=N–C) groups is 1. The summed E-state index contributed by atoms with van der Waals surface area (Å²) in [5.74, 6) is -1.43. The van der Waals surface area contributed by atoms with Gasteiger partial charge in [0.25, 0.3) is 0 Å². The summed E-state index contributed by atoms with van der Waals surface area (Å²) in [6.45, 7) is 1.72. The SMILES string of the molecule is NC(/C=C\O)=NCC1CN(c2cc(F)c(N3CCOCC3)c(F)c2)C(=O)O1. The summed E-state index contributed by atoms with van der Waals surface area (Å²) < 4.78 is 39.4. The number of rotatable bonds is 5. The highest BCUT2D eigenvalue weighted by molar-refractivity contribution is 5.91. The average molecular weight is 382 g/mol. The lowest BCUT2D eigenvalue weighted by Gasteiger charge is -2.29. The Bertz CT molecular complexity index is 742. The lowest BCUT2D eigenvalue weighted by molar-refractivity contribution is 0.122. The Kier molecular flexibility index (Phi) is 5.75. The number of carbonyl (C=O) groups is 1. The summed E-state index contributed by atoms with van der Waals surface area (Å²) in [5, 5.41) is 8.61. The first kappa shape index (κ1) is 18.9. The van der Waals surface area contributed by atoms with Gasteiger partial charge in [-0.15, -0.1) is 0 Å². The Hall–Kier alpha value is -2.88. The van der Waals surface area contributed by atoms with E-state index in [1.54, 1.807) is 4.90 Å². The molecule has 0 aliphatic carbocycles. The summed E-state index contributed by atoms with van der Waals surface area (Å²) in [6, 6.07) is 2.23. The molecule has 1 amide bonds. The predicted molar refractivity (Wildman–Crippen MR) is 95.3 cm³/mol. The number of benzene rings is 1. The van der Waals surface area contributed by atoms with Gasteiger partial charge in [-0.2, -0.15) is 0 Å². The summed E-state index contributed by atoms with van der Waals surface area (Å²) in [7, 11) is 0. The van der Waals surface area contributed by atoms with E-state index in [0.717, 1.165) is 23.3 Å². The van der Waals surface area contributed by atoms with Crippen LogP contribution in [0.15, 0.2) is 29.5 Å². The lowest BCUT2D eigenvalue weighted by atomic mass is 10.2. The van der Waals surface area contributed by atoms with Gasteiger partial charge in [0, 0.05) is 31.3 Å².